The van der Waals surface area contributed by atoms with Crippen molar-refractivity contribution < 1.29 is 4.79 Å². The third kappa shape index (κ3) is 5.43. The van der Waals surface area contributed by atoms with Crippen LogP contribution in [0.1, 0.15) is 37.9 Å². The number of carbonyl (C=O) groups excluding carboxylic acids is 1. The number of benzene rings is 1. The number of hydrogen-bond acceptors (Lipinski definition) is 2. The molecule has 0 radical (unpaired) electrons. The summed E-state index contributed by atoms with van der Waals surface area (Å²) in [7, 11) is 0. The molecule has 1 unspecified atom stereocenters. The first-order chi connectivity index (χ1) is 8.81. The highest BCUT2D eigenvalue weighted by atomic mass is 16.2. The number of rotatable bonds is 3. The minimum Gasteiger partial charge on any atom is -0.338 e. The van der Waals surface area contributed by atoms with E-state index in [0.29, 0.717) is 6.54 Å². The van der Waals surface area contributed by atoms with Crippen molar-refractivity contribution >= 4 is 6.03 Å². The normalized spacial score (nSPS) is 12.4. The van der Waals surface area contributed by atoms with E-state index >= 15 is 0 Å². The van der Waals surface area contributed by atoms with Crippen LogP contribution in [-0.4, -0.2) is 12.6 Å². The van der Waals surface area contributed by atoms with Gasteiger partial charge in [0.1, 0.15) is 6.04 Å². The SMILES string of the molecule is Cc1ccc(C(C#N)NC(=O)NCC(C)(C)C)cc1. The van der Waals surface area contributed by atoms with Crippen molar-refractivity contribution in [2.75, 3.05) is 6.54 Å². The highest BCUT2D eigenvalue weighted by Crippen LogP contribution is 2.13. The summed E-state index contributed by atoms with van der Waals surface area (Å²) in [5.41, 5.74) is 1.93. The van der Waals surface area contributed by atoms with E-state index < -0.39 is 6.04 Å². The van der Waals surface area contributed by atoms with E-state index in [1.807, 2.05) is 52.0 Å². The van der Waals surface area contributed by atoms with Gasteiger partial charge in [0.25, 0.3) is 0 Å². The molecular weight excluding hydrogens is 238 g/mol. The summed E-state index contributed by atoms with van der Waals surface area (Å²) in [6, 6.07) is 8.71. The summed E-state index contributed by atoms with van der Waals surface area (Å²) in [5.74, 6) is 0. The minimum atomic E-state index is -0.624. The van der Waals surface area contributed by atoms with Gasteiger partial charge in [0.15, 0.2) is 0 Å². The van der Waals surface area contributed by atoms with Crippen LogP contribution in [0, 0.1) is 23.7 Å². The van der Waals surface area contributed by atoms with E-state index in [1.165, 1.54) is 0 Å². The molecule has 0 fully saturated rings. The molecule has 0 aromatic heterocycles. The minimum absolute atomic E-state index is 0.0172. The lowest BCUT2D eigenvalue weighted by Gasteiger charge is -2.20. The first kappa shape index (κ1) is 15.0. The fourth-order valence-corrected chi connectivity index (χ4v) is 1.48. The van der Waals surface area contributed by atoms with E-state index in [9.17, 15) is 4.79 Å². The Morgan fingerprint density at radius 2 is 1.89 bits per heavy atom. The van der Waals surface area contributed by atoms with Gasteiger partial charge in [0.2, 0.25) is 0 Å². The second-order valence-corrected chi connectivity index (χ2v) is 5.86. The molecule has 1 aromatic rings. The first-order valence-corrected chi connectivity index (χ1v) is 6.32. The van der Waals surface area contributed by atoms with Crippen LogP contribution in [0.25, 0.3) is 0 Å². The Labute approximate surface area is 114 Å². The average Bonchev–Trinajstić information content (AvgIpc) is 2.34. The molecule has 0 bridgehead atoms. The zero-order chi connectivity index (χ0) is 14.5. The van der Waals surface area contributed by atoms with Crippen LogP contribution >= 0.6 is 0 Å². The molecule has 0 spiro atoms. The Kier molecular flexibility index (Phi) is 4.94. The first-order valence-electron chi connectivity index (χ1n) is 6.32. The van der Waals surface area contributed by atoms with Gasteiger partial charge in [0, 0.05) is 6.54 Å². The Hall–Kier alpha value is -2.02. The van der Waals surface area contributed by atoms with Gasteiger partial charge in [-0.25, -0.2) is 4.79 Å². The quantitative estimate of drug-likeness (QED) is 0.876. The van der Waals surface area contributed by atoms with E-state index in [2.05, 4.69) is 16.7 Å². The summed E-state index contributed by atoms with van der Waals surface area (Å²) in [6.45, 7) is 8.65. The Morgan fingerprint density at radius 1 is 1.32 bits per heavy atom. The molecule has 0 saturated heterocycles. The van der Waals surface area contributed by atoms with Gasteiger partial charge in [-0.1, -0.05) is 50.6 Å². The Balaban J connectivity index is 2.60. The van der Waals surface area contributed by atoms with Gasteiger partial charge in [-0.3, -0.25) is 0 Å². The summed E-state index contributed by atoms with van der Waals surface area (Å²) >= 11 is 0. The van der Waals surface area contributed by atoms with Gasteiger partial charge in [-0.2, -0.15) is 5.26 Å². The number of urea groups is 1. The molecule has 0 aliphatic carbocycles. The van der Waals surface area contributed by atoms with Crippen LogP contribution in [0.4, 0.5) is 4.79 Å². The predicted octanol–water partition coefficient (Wildman–Crippen LogP) is 2.91. The summed E-state index contributed by atoms with van der Waals surface area (Å²) in [4.78, 5) is 11.7. The smallest absolute Gasteiger partial charge is 0.316 e. The third-order valence-electron chi connectivity index (χ3n) is 2.59. The third-order valence-corrected chi connectivity index (χ3v) is 2.59. The molecule has 2 amide bonds. The maximum absolute atomic E-state index is 11.7. The molecule has 1 atom stereocenters. The van der Waals surface area contributed by atoms with Crippen LogP contribution in [-0.2, 0) is 0 Å². The number of nitrogens with one attached hydrogen (secondary N) is 2. The molecule has 0 aliphatic heterocycles. The van der Waals surface area contributed by atoms with E-state index in [0.717, 1.165) is 11.1 Å². The Morgan fingerprint density at radius 3 is 2.37 bits per heavy atom. The molecule has 102 valence electrons. The maximum atomic E-state index is 11.7. The van der Waals surface area contributed by atoms with Gasteiger partial charge < -0.3 is 10.6 Å². The largest absolute Gasteiger partial charge is 0.338 e. The molecule has 1 aromatic carbocycles. The lowest BCUT2D eigenvalue weighted by molar-refractivity contribution is 0.234. The predicted molar refractivity (Wildman–Crippen MR) is 75.5 cm³/mol. The van der Waals surface area contributed by atoms with Gasteiger partial charge in [-0.15, -0.1) is 0 Å². The van der Waals surface area contributed by atoms with Gasteiger partial charge in [-0.05, 0) is 17.9 Å². The monoisotopic (exact) mass is 259 g/mol. The van der Waals surface area contributed by atoms with Crippen LogP contribution in [0.2, 0.25) is 0 Å². The molecule has 4 nitrogen and oxygen atoms in total. The zero-order valence-electron chi connectivity index (χ0n) is 11.9. The molecule has 1 rings (SSSR count). The van der Waals surface area contributed by atoms with E-state index in [4.69, 9.17) is 5.26 Å². The van der Waals surface area contributed by atoms with E-state index in [1.54, 1.807) is 0 Å². The molecule has 0 aliphatic rings. The number of carbonyl (C=O) groups is 1. The highest BCUT2D eigenvalue weighted by Gasteiger charge is 2.16. The van der Waals surface area contributed by atoms with Crippen molar-refractivity contribution in [1.29, 1.82) is 5.26 Å². The van der Waals surface area contributed by atoms with Crippen LogP contribution in [0.15, 0.2) is 24.3 Å². The summed E-state index contributed by atoms with van der Waals surface area (Å²) in [6.07, 6.45) is 0. The summed E-state index contributed by atoms with van der Waals surface area (Å²) < 4.78 is 0. The molecular formula is C15H21N3O. The number of amides is 2. The van der Waals surface area contributed by atoms with Crippen molar-refractivity contribution in [1.82, 2.24) is 10.6 Å². The zero-order valence-corrected chi connectivity index (χ0v) is 11.9. The van der Waals surface area contributed by atoms with Crippen molar-refractivity contribution in [3.05, 3.63) is 35.4 Å². The fourth-order valence-electron chi connectivity index (χ4n) is 1.48. The Bertz CT molecular complexity index is 466. The van der Waals surface area contributed by atoms with Crippen molar-refractivity contribution in [2.45, 2.75) is 33.7 Å². The second kappa shape index (κ2) is 6.24. The second-order valence-electron chi connectivity index (χ2n) is 5.86. The number of nitriles is 1. The lowest BCUT2D eigenvalue weighted by atomic mass is 9.97. The molecule has 19 heavy (non-hydrogen) atoms. The summed E-state index contributed by atoms with van der Waals surface area (Å²) in [5, 5.41) is 14.6. The molecule has 4 heteroatoms. The van der Waals surface area contributed by atoms with Crippen LogP contribution in [0.5, 0.6) is 0 Å². The molecule has 0 saturated carbocycles. The fraction of sp³-hybridized carbons (Fsp3) is 0.467. The number of nitrogens with zero attached hydrogens (tertiary/aromatic N) is 1. The van der Waals surface area contributed by atoms with Crippen LogP contribution in [0.3, 0.4) is 0 Å². The topological polar surface area (TPSA) is 64.9 Å². The lowest BCUT2D eigenvalue weighted by Crippen LogP contribution is -2.41. The van der Waals surface area contributed by atoms with Crippen LogP contribution < -0.4 is 10.6 Å². The van der Waals surface area contributed by atoms with Crippen molar-refractivity contribution in [3.63, 3.8) is 0 Å². The van der Waals surface area contributed by atoms with Crippen molar-refractivity contribution in [3.8, 4) is 6.07 Å². The van der Waals surface area contributed by atoms with Gasteiger partial charge >= 0.3 is 6.03 Å². The molecule has 2 N–H and O–H groups in total. The highest BCUT2D eigenvalue weighted by molar-refractivity contribution is 5.74. The molecule has 0 heterocycles. The maximum Gasteiger partial charge on any atom is 0.316 e. The number of aryl methyl sites for hydroxylation is 1. The van der Waals surface area contributed by atoms with Gasteiger partial charge in [0.05, 0.1) is 6.07 Å². The average molecular weight is 259 g/mol. The standard InChI is InChI=1S/C15H21N3O/c1-11-5-7-12(8-6-11)13(9-16)18-14(19)17-10-15(2,3)4/h5-8,13H,10H2,1-4H3,(H2,17,18,19). The number of hydrogen-bond donors (Lipinski definition) is 2. The van der Waals surface area contributed by atoms with E-state index in [-0.39, 0.29) is 11.4 Å². The van der Waals surface area contributed by atoms with Crippen molar-refractivity contribution in [2.24, 2.45) is 5.41 Å².